The minimum absolute atomic E-state index is 0. The maximum Gasteiger partial charge on any atom is 0.138 e. The van der Waals surface area contributed by atoms with Crippen LogP contribution in [0.15, 0.2) is 18.8 Å². The molecule has 0 amide bonds. The predicted octanol–water partition coefficient (Wildman–Crippen LogP) is 2.96. The molecule has 2 heterocycles. The lowest BCUT2D eigenvalue weighted by atomic mass is 10.1. The molecule has 0 bridgehead atoms. The minimum atomic E-state index is 0. The van der Waals surface area contributed by atoms with E-state index in [0.29, 0.717) is 17.8 Å². The molecular formula is C11H15Cl3N2O. The van der Waals surface area contributed by atoms with E-state index >= 15 is 0 Å². The summed E-state index contributed by atoms with van der Waals surface area (Å²) in [5.41, 5.74) is 0.802. The molecular weight excluding hydrogens is 282 g/mol. The van der Waals surface area contributed by atoms with Crippen LogP contribution < -0.4 is 10.1 Å². The van der Waals surface area contributed by atoms with Gasteiger partial charge in [0.2, 0.25) is 0 Å². The van der Waals surface area contributed by atoms with Gasteiger partial charge in [0.25, 0.3) is 0 Å². The highest BCUT2D eigenvalue weighted by atomic mass is 35.5. The van der Waals surface area contributed by atoms with Crippen LogP contribution in [0.25, 0.3) is 6.08 Å². The summed E-state index contributed by atoms with van der Waals surface area (Å²) in [5, 5.41) is 3.72. The van der Waals surface area contributed by atoms with Crippen molar-refractivity contribution in [2.45, 2.75) is 12.5 Å². The van der Waals surface area contributed by atoms with Crippen molar-refractivity contribution in [1.29, 1.82) is 0 Å². The first kappa shape index (κ1) is 16.5. The van der Waals surface area contributed by atoms with Crippen LogP contribution in [0.2, 0.25) is 5.15 Å². The van der Waals surface area contributed by atoms with Gasteiger partial charge in [-0.1, -0.05) is 24.3 Å². The molecule has 0 aliphatic carbocycles. The number of pyridine rings is 1. The van der Waals surface area contributed by atoms with Crippen LogP contribution in [0.5, 0.6) is 5.75 Å². The molecule has 0 saturated carbocycles. The van der Waals surface area contributed by atoms with Crippen molar-refractivity contribution in [3.63, 3.8) is 0 Å². The second kappa shape index (κ2) is 7.77. The monoisotopic (exact) mass is 296 g/mol. The van der Waals surface area contributed by atoms with Crippen molar-refractivity contribution in [2.75, 3.05) is 13.2 Å². The first-order valence-electron chi connectivity index (χ1n) is 4.94. The largest absolute Gasteiger partial charge is 0.490 e. The smallest absolute Gasteiger partial charge is 0.138 e. The number of halogens is 3. The van der Waals surface area contributed by atoms with Crippen molar-refractivity contribution in [2.24, 2.45) is 0 Å². The Bertz CT molecular complexity index is 370. The number of ether oxygens (including phenoxy) is 1. The van der Waals surface area contributed by atoms with E-state index in [4.69, 9.17) is 16.3 Å². The summed E-state index contributed by atoms with van der Waals surface area (Å²) in [6, 6.07) is 2.33. The molecule has 1 atom stereocenters. The third-order valence-electron chi connectivity index (χ3n) is 2.44. The van der Waals surface area contributed by atoms with Crippen LogP contribution in [-0.2, 0) is 0 Å². The summed E-state index contributed by atoms with van der Waals surface area (Å²) in [4.78, 5) is 4.02. The number of hydrogen-bond acceptors (Lipinski definition) is 3. The second-order valence-corrected chi connectivity index (χ2v) is 3.86. The van der Waals surface area contributed by atoms with Gasteiger partial charge in [-0.05, 0) is 19.0 Å². The van der Waals surface area contributed by atoms with Crippen LogP contribution >= 0.6 is 36.4 Å². The van der Waals surface area contributed by atoms with Crippen LogP contribution in [0.1, 0.15) is 12.0 Å². The van der Waals surface area contributed by atoms with Gasteiger partial charge in [0.05, 0.1) is 6.20 Å². The normalized spacial score (nSPS) is 17.1. The predicted molar refractivity (Wildman–Crippen MR) is 75.7 cm³/mol. The Hall–Kier alpha value is -0.480. The maximum atomic E-state index is 5.85. The van der Waals surface area contributed by atoms with Crippen LogP contribution in [0.4, 0.5) is 0 Å². The summed E-state index contributed by atoms with van der Waals surface area (Å²) in [6.07, 6.45) is 4.48. The van der Waals surface area contributed by atoms with E-state index in [2.05, 4.69) is 16.9 Å². The van der Waals surface area contributed by atoms with Gasteiger partial charge in [-0.15, -0.1) is 24.8 Å². The number of nitrogens with one attached hydrogen (secondary N) is 1. The number of nitrogens with zero attached hydrogens (tertiary/aromatic N) is 1. The van der Waals surface area contributed by atoms with Crippen molar-refractivity contribution in [3.05, 3.63) is 29.6 Å². The molecule has 0 spiro atoms. The summed E-state index contributed by atoms with van der Waals surface area (Å²) >= 11 is 5.85. The molecule has 1 saturated heterocycles. The molecule has 96 valence electrons. The Kier molecular flexibility index (Phi) is 7.55. The second-order valence-electron chi connectivity index (χ2n) is 3.51. The molecule has 1 aromatic heterocycles. The van der Waals surface area contributed by atoms with Crippen molar-refractivity contribution >= 4 is 42.5 Å². The number of rotatable bonds is 4. The molecule has 0 unspecified atom stereocenters. The molecule has 17 heavy (non-hydrogen) atoms. The molecule has 0 aromatic carbocycles. The van der Waals surface area contributed by atoms with Gasteiger partial charge in [-0.3, -0.25) is 0 Å². The molecule has 1 N–H and O–H groups in total. The Labute approximate surface area is 118 Å². The molecule has 2 rings (SSSR count). The topological polar surface area (TPSA) is 34.1 Å². The molecule has 1 aromatic rings. The van der Waals surface area contributed by atoms with Crippen molar-refractivity contribution < 1.29 is 4.74 Å². The average Bonchev–Trinajstić information content (AvgIpc) is 2.18. The summed E-state index contributed by atoms with van der Waals surface area (Å²) in [6.45, 7) is 5.43. The van der Waals surface area contributed by atoms with Gasteiger partial charge in [-0.25, -0.2) is 4.98 Å². The molecule has 1 fully saturated rings. The van der Waals surface area contributed by atoms with Gasteiger partial charge in [-0.2, -0.15) is 0 Å². The van der Waals surface area contributed by atoms with Crippen LogP contribution in [0, 0.1) is 0 Å². The highest BCUT2D eigenvalue weighted by Gasteiger charge is 2.16. The van der Waals surface area contributed by atoms with Gasteiger partial charge in [0.15, 0.2) is 0 Å². The summed E-state index contributed by atoms with van der Waals surface area (Å²) < 4.78 is 5.58. The van der Waals surface area contributed by atoms with E-state index in [1.165, 1.54) is 6.42 Å². The van der Waals surface area contributed by atoms with Crippen molar-refractivity contribution in [3.8, 4) is 5.75 Å². The summed E-state index contributed by atoms with van der Waals surface area (Å²) in [7, 11) is 0. The summed E-state index contributed by atoms with van der Waals surface area (Å²) in [5.74, 6) is 0.739. The lowest BCUT2D eigenvalue weighted by Gasteiger charge is -2.27. The van der Waals surface area contributed by atoms with Crippen molar-refractivity contribution in [1.82, 2.24) is 10.3 Å². The quantitative estimate of drug-likeness (QED) is 0.868. The third-order valence-corrected chi connectivity index (χ3v) is 2.75. The number of aromatic nitrogens is 1. The first-order valence-corrected chi connectivity index (χ1v) is 5.31. The SMILES string of the molecule is C=Cc1cc(OC[C@@H]2CCN2)cnc1Cl.Cl.Cl. The number of hydrogen-bond donors (Lipinski definition) is 1. The van der Waals surface area contributed by atoms with E-state index in [9.17, 15) is 0 Å². The van der Waals surface area contributed by atoms with Gasteiger partial charge in [0, 0.05) is 11.6 Å². The molecule has 1 aliphatic rings. The lowest BCUT2D eigenvalue weighted by molar-refractivity contribution is 0.217. The fraction of sp³-hybridized carbons (Fsp3) is 0.364. The van der Waals surface area contributed by atoms with E-state index < -0.39 is 0 Å². The highest BCUT2D eigenvalue weighted by Crippen LogP contribution is 2.20. The van der Waals surface area contributed by atoms with Gasteiger partial charge >= 0.3 is 0 Å². The molecule has 0 radical (unpaired) electrons. The molecule has 6 heteroatoms. The Morgan fingerprint density at radius 3 is 2.82 bits per heavy atom. The van der Waals surface area contributed by atoms with Crippen LogP contribution in [0.3, 0.4) is 0 Å². The zero-order chi connectivity index (χ0) is 10.7. The standard InChI is InChI=1S/C11H13ClN2O.2ClH/c1-2-8-5-10(6-14-11(8)12)15-7-9-3-4-13-9;;/h2,5-6,9,13H,1,3-4,7H2;2*1H/t9-;;/m0../s1. The fourth-order valence-electron chi connectivity index (χ4n) is 1.35. The van der Waals surface area contributed by atoms with Crippen LogP contribution in [-0.4, -0.2) is 24.2 Å². The van der Waals surface area contributed by atoms with E-state index in [-0.39, 0.29) is 24.8 Å². The van der Waals surface area contributed by atoms with Gasteiger partial charge in [0.1, 0.15) is 17.5 Å². The van der Waals surface area contributed by atoms with E-state index in [1.54, 1.807) is 12.3 Å². The molecule has 3 nitrogen and oxygen atoms in total. The van der Waals surface area contributed by atoms with E-state index in [0.717, 1.165) is 17.9 Å². The Balaban J connectivity index is 0.00000128. The fourth-order valence-corrected chi connectivity index (χ4v) is 1.54. The third kappa shape index (κ3) is 4.36. The average molecular weight is 298 g/mol. The molecule has 1 aliphatic heterocycles. The lowest BCUT2D eigenvalue weighted by Crippen LogP contribution is -2.46. The first-order chi connectivity index (χ1) is 7.29. The Morgan fingerprint density at radius 1 is 1.59 bits per heavy atom. The highest BCUT2D eigenvalue weighted by molar-refractivity contribution is 6.30. The zero-order valence-corrected chi connectivity index (χ0v) is 11.6. The Morgan fingerprint density at radius 2 is 2.29 bits per heavy atom. The maximum absolute atomic E-state index is 5.85. The zero-order valence-electron chi connectivity index (χ0n) is 9.19. The minimum Gasteiger partial charge on any atom is -0.490 e. The van der Waals surface area contributed by atoms with E-state index in [1.807, 2.05) is 6.07 Å². The van der Waals surface area contributed by atoms with Gasteiger partial charge < -0.3 is 10.1 Å².